The van der Waals surface area contributed by atoms with Crippen LogP contribution in [0.2, 0.25) is 5.02 Å². The lowest BCUT2D eigenvalue weighted by atomic mass is 10.0. The molecule has 30 heavy (non-hydrogen) atoms. The lowest BCUT2D eigenvalue weighted by Crippen LogP contribution is -2.26. The summed E-state index contributed by atoms with van der Waals surface area (Å²) in [5, 5.41) is 3.79. The van der Waals surface area contributed by atoms with Gasteiger partial charge in [-0.25, -0.2) is 0 Å². The van der Waals surface area contributed by atoms with Crippen LogP contribution in [-0.4, -0.2) is 25.3 Å². The normalized spacial score (nSPS) is 11.2. The second-order valence-corrected chi connectivity index (χ2v) is 8.18. The molecule has 0 saturated heterocycles. The number of hydrogen-bond donors (Lipinski definition) is 1. The van der Waals surface area contributed by atoms with E-state index in [1.54, 1.807) is 18.9 Å². The van der Waals surface area contributed by atoms with Crippen LogP contribution in [0.25, 0.3) is 11.6 Å². The van der Waals surface area contributed by atoms with Crippen molar-refractivity contribution in [2.24, 2.45) is 0 Å². The molecule has 1 N–H and O–H groups in total. The summed E-state index contributed by atoms with van der Waals surface area (Å²) >= 11 is 7.79. The molecule has 0 fully saturated rings. The molecular formula is C25H24ClNO2S. The van der Waals surface area contributed by atoms with Gasteiger partial charge in [0.2, 0.25) is 0 Å². The van der Waals surface area contributed by atoms with Gasteiger partial charge in [0.15, 0.2) is 0 Å². The smallest absolute Gasteiger partial charge is 0.251 e. The SMILES string of the molecule is COc1ccc(/C=C(/C(=O)NCCSCc2cccc(Cl)c2)c2ccccc2)cc1. The summed E-state index contributed by atoms with van der Waals surface area (Å²) in [6, 6.07) is 25.2. The third-order valence-corrected chi connectivity index (χ3v) is 5.71. The van der Waals surface area contributed by atoms with E-state index in [-0.39, 0.29) is 5.91 Å². The summed E-state index contributed by atoms with van der Waals surface area (Å²) in [5.41, 5.74) is 3.65. The quantitative estimate of drug-likeness (QED) is 0.256. The number of benzene rings is 3. The van der Waals surface area contributed by atoms with E-state index in [1.165, 1.54) is 5.56 Å². The largest absolute Gasteiger partial charge is 0.497 e. The van der Waals surface area contributed by atoms with Gasteiger partial charge in [-0.1, -0.05) is 66.2 Å². The summed E-state index contributed by atoms with van der Waals surface area (Å²) in [6.07, 6.45) is 1.91. The van der Waals surface area contributed by atoms with Crippen molar-refractivity contribution < 1.29 is 9.53 Å². The van der Waals surface area contributed by atoms with E-state index >= 15 is 0 Å². The summed E-state index contributed by atoms with van der Waals surface area (Å²) < 4.78 is 5.21. The Morgan fingerprint density at radius 2 is 1.80 bits per heavy atom. The van der Waals surface area contributed by atoms with Gasteiger partial charge in [0.25, 0.3) is 5.91 Å². The fourth-order valence-electron chi connectivity index (χ4n) is 2.91. The zero-order chi connectivity index (χ0) is 21.2. The number of rotatable bonds is 9. The Hall–Kier alpha value is -2.69. The average molecular weight is 438 g/mol. The molecule has 5 heteroatoms. The number of carbonyl (C=O) groups excluding carboxylic acids is 1. The molecule has 0 unspecified atom stereocenters. The summed E-state index contributed by atoms with van der Waals surface area (Å²) in [6.45, 7) is 0.594. The van der Waals surface area contributed by atoms with Gasteiger partial charge >= 0.3 is 0 Å². The minimum absolute atomic E-state index is 0.0830. The molecule has 0 spiro atoms. The first-order valence-electron chi connectivity index (χ1n) is 9.67. The van der Waals surface area contributed by atoms with Crippen molar-refractivity contribution in [1.82, 2.24) is 5.32 Å². The Labute approximate surface area is 187 Å². The minimum Gasteiger partial charge on any atom is -0.497 e. The first-order valence-corrected chi connectivity index (χ1v) is 11.2. The van der Waals surface area contributed by atoms with Crippen molar-refractivity contribution in [3.05, 3.63) is 101 Å². The van der Waals surface area contributed by atoms with Crippen LogP contribution in [0.15, 0.2) is 78.9 Å². The first kappa shape index (κ1) is 22.0. The molecule has 3 aromatic carbocycles. The molecule has 0 aliphatic heterocycles. The van der Waals surface area contributed by atoms with Gasteiger partial charge in [-0.2, -0.15) is 11.8 Å². The molecule has 3 nitrogen and oxygen atoms in total. The number of thioether (sulfide) groups is 1. The molecule has 0 aliphatic carbocycles. The first-order chi connectivity index (χ1) is 14.7. The molecule has 0 saturated carbocycles. The van der Waals surface area contributed by atoms with Crippen molar-refractivity contribution in [3.63, 3.8) is 0 Å². The molecular weight excluding hydrogens is 414 g/mol. The number of methoxy groups -OCH3 is 1. The number of hydrogen-bond acceptors (Lipinski definition) is 3. The number of amides is 1. The fourth-order valence-corrected chi connectivity index (χ4v) is 3.93. The number of ether oxygens (including phenoxy) is 1. The molecule has 0 heterocycles. The molecule has 0 atom stereocenters. The molecule has 3 aromatic rings. The Kier molecular flexibility index (Phi) is 8.42. The predicted octanol–water partition coefficient (Wildman–Crippen LogP) is 5.94. The van der Waals surface area contributed by atoms with E-state index < -0.39 is 0 Å². The van der Waals surface area contributed by atoms with Gasteiger partial charge in [-0.15, -0.1) is 0 Å². The van der Waals surface area contributed by atoms with Crippen LogP contribution in [-0.2, 0) is 10.5 Å². The van der Waals surface area contributed by atoms with Crippen LogP contribution in [0, 0.1) is 0 Å². The second kappa shape index (κ2) is 11.5. The summed E-state index contributed by atoms with van der Waals surface area (Å²) in [4.78, 5) is 12.9. The van der Waals surface area contributed by atoms with Crippen LogP contribution in [0.3, 0.4) is 0 Å². The van der Waals surface area contributed by atoms with E-state index in [1.807, 2.05) is 78.9 Å². The Bertz CT molecular complexity index is 988. The van der Waals surface area contributed by atoms with Crippen molar-refractivity contribution in [2.75, 3.05) is 19.4 Å². The van der Waals surface area contributed by atoms with Crippen LogP contribution in [0.5, 0.6) is 5.75 Å². The minimum atomic E-state index is -0.0830. The highest BCUT2D eigenvalue weighted by Gasteiger charge is 2.11. The van der Waals surface area contributed by atoms with Crippen molar-refractivity contribution in [1.29, 1.82) is 0 Å². The highest BCUT2D eigenvalue weighted by molar-refractivity contribution is 7.98. The standard InChI is InChI=1S/C25H24ClNO2S/c1-29-23-12-10-19(11-13-23)17-24(21-7-3-2-4-8-21)25(28)27-14-15-30-18-20-6-5-9-22(26)16-20/h2-13,16-17H,14-15,18H2,1H3,(H,27,28)/b24-17+. The van der Waals surface area contributed by atoms with Crippen molar-refractivity contribution >= 4 is 40.9 Å². The lowest BCUT2D eigenvalue weighted by molar-refractivity contribution is -0.115. The monoisotopic (exact) mass is 437 g/mol. The third kappa shape index (κ3) is 6.68. The Morgan fingerprint density at radius 3 is 2.50 bits per heavy atom. The van der Waals surface area contributed by atoms with Gasteiger partial charge < -0.3 is 10.1 Å². The Morgan fingerprint density at radius 1 is 1.03 bits per heavy atom. The highest BCUT2D eigenvalue weighted by Crippen LogP contribution is 2.21. The van der Waals surface area contributed by atoms with E-state index in [0.29, 0.717) is 12.1 Å². The molecule has 0 radical (unpaired) electrons. The predicted molar refractivity (Wildman–Crippen MR) is 128 cm³/mol. The highest BCUT2D eigenvalue weighted by atomic mass is 35.5. The van der Waals surface area contributed by atoms with Gasteiger partial charge in [0, 0.05) is 28.6 Å². The maximum absolute atomic E-state index is 12.9. The van der Waals surface area contributed by atoms with Gasteiger partial charge in [-0.3, -0.25) is 4.79 Å². The number of nitrogens with one attached hydrogen (secondary N) is 1. The van der Waals surface area contributed by atoms with Crippen molar-refractivity contribution in [3.8, 4) is 5.75 Å². The number of halogens is 1. The van der Waals surface area contributed by atoms with Crippen LogP contribution >= 0.6 is 23.4 Å². The van der Waals surface area contributed by atoms with E-state index in [2.05, 4.69) is 11.4 Å². The fraction of sp³-hybridized carbons (Fsp3) is 0.160. The zero-order valence-electron chi connectivity index (χ0n) is 16.8. The van der Waals surface area contributed by atoms with E-state index in [9.17, 15) is 4.79 Å². The lowest BCUT2D eigenvalue weighted by Gasteiger charge is -2.10. The topological polar surface area (TPSA) is 38.3 Å². The summed E-state index contributed by atoms with van der Waals surface area (Å²) in [7, 11) is 1.64. The van der Waals surface area contributed by atoms with Gasteiger partial charge in [0.05, 0.1) is 7.11 Å². The van der Waals surface area contributed by atoms with Gasteiger partial charge in [0.1, 0.15) is 5.75 Å². The molecule has 3 rings (SSSR count). The van der Waals surface area contributed by atoms with Crippen LogP contribution in [0.1, 0.15) is 16.7 Å². The molecule has 1 amide bonds. The average Bonchev–Trinajstić information content (AvgIpc) is 2.78. The summed E-state index contributed by atoms with van der Waals surface area (Å²) in [5.74, 6) is 2.39. The molecule has 154 valence electrons. The molecule has 0 aromatic heterocycles. The number of carbonyl (C=O) groups is 1. The van der Waals surface area contributed by atoms with Crippen LogP contribution < -0.4 is 10.1 Å². The van der Waals surface area contributed by atoms with E-state index in [0.717, 1.165) is 33.4 Å². The third-order valence-electron chi connectivity index (χ3n) is 4.45. The Balaban J connectivity index is 1.61. The maximum atomic E-state index is 12.9. The molecule has 0 aliphatic rings. The van der Waals surface area contributed by atoms with Gasteiger partial charge in [-0.05, 0) is 47.0 Å². The van der Waals surface area contributed by atoms with E-state index in [4.69, 9.17) is 16.3 Å². The zero-order valence-corrected chi connectivity index (χ0v) is 18.4. The van der Waals surface area contributed by atoms with Crippen LogP contribution in [0.4, 0.5) is 0 Å². The second-order valence-electron chi connectivity index (χ2n) is 6.64. The molecule has 0 bridgehead atoms. The maximum Gasteiger partial charge on any atom is 0.251 e. The van der Waals surface area contributed by atoms with Crippen molar-refractivity contribution in [2.45, 2.75) is 5.75 Å².